The highest BCUT2D eigenvalue weighted by atomic mass is 32.2. The van der Waals surface area contributed by atoms with Gasteiger partial charge in [-0.15, -0.1) is 0 Å². The molecule has 0 radical (unpaired) electrons. The smallest absolute Gasteiger partial charge is 0.328 e. The molecule has 0 heterocycles. The van der Waals surface area contributed by atoms with Crippen molar-refractivity contribution in [2.24, 2.45) is 0 Å². The third-order valence-corrected chi connectivity index (χ3v) is 3.59. The van der Waals surface area contributed by atoms with Crippen LogP contribution in [0.3, 0.4) is 0 Å². The van der Waals surface area contributed by atoms with Crippen molar-refractivity contribution in [1.29, 1.82) is 0 Å². The number of nitrogens with two attached hydrogens (primary N) is 1. The van der Waals surface area contributed by atoms with E-state index in [-0.39, 0.29) is 4.90 Å². The topological polar surface area (TPSA) is 101 Å². The molecule has 0 aromatic heterocycles. The molecule has 17 heavy (non-hydrogen) atoms. The van der Waals surface area contributed by atoms with Gasteiger partial charge < -0.3 is 11.1 Å². The van der Waals surface area contributed by atoms with Crippen molar-refractivity contribution >= 4 is 21.7 Å². The highest BCUT2D eigenvalue weighted by Gasteiger charge is 2.17. The molecule has 0 saturated carbocycles. The zero-order chi connectivity index (χ0) is 13.1. The number of nitrogens with one attached hydrogen (secondary N) is 2. The third-order valence-electron chi connectivity index (χ3n) is 2.26. The van der Waals surface area contributed by atoms with Gasteiger partial charge in [-0.3, -0.25) is 0 Å². The second-order valence-electron chi connectivity index (χ2n) is 3.40. The van der Waals surface area contributed by atoms with Gasteiger partial charge in [0, 0.05) is 12.7 Å². The van der Waals surface area contributed by atoms with E-state index in [4.69, 9.17) is 5.73 Å². The van der Waals surface area contributed by atoms with E-state index in [0.717, 1.165) is 12.0 Å². The van der Waals surface area contributed by atoms with Gasteiger partial charge in [0.1, 0.15) is 0 Å². The first-order chi connectivity index (χ1) is 7.90. The maximum Gasteiger partial charge on any atom is 0.328 e. The lowest BCUT2D eigenvalue weighted by Crippen LogP contribution is -2.37. The van der Waals surface area contributed by atoms with E-state index in [1.807, 2.05) is 11.6 Å². The van der Waals surface area contributed by atoms with Gasteiger partial charge in [0.25, 0.3) is 10.0 Å². The lowest BCUT2D eigenvalue weighted by molar-refractivity contribution is 0.248. The van der Waals surface area contributed by atoms with Gasteiger partial charge in [-0.1, -0.05) is 13.0 Å². The zero-order valence-electron chi connectivity index (χ0n) is 9.65. The predicted molar refractivity (Wildman–Crippen MR) is 65.0 cm³/mol. The Morgan fingerprint density at radius 3 is 2.53 bits per heavy atom. The molecule has 0 aliphatic rings. The Labute approximate surface area is 100 Å². The number of hydrogen-bond acceptors (Lipinski definition) is 4. The molecule has 1 rings (SSSR count). The van der Waals surface area contributed by atoms with Crippen LogP contribution in [0.2, 0.25) is 0 Å². The first-order valence-corrected chi connectivity index (χ1v) is 6.52. The van der Waals surface area contributed by atoms with Crippen molar-refractivity contribution < 1.29 is 13.2 Å². The van der Waals surface area contributed by atoms with Gasteiger partial charge >= 0.3 is 6.03 Å². The fourth-order valence-electron chi connectivity index (χ4n) is 1.29. The van der Waals surface area contributed by atoms with E-state index in [2.05, 4.69) is 5.32 Å². The predicted octanol–water partition coefficient (Wildman–Crippen LogP) is 0.449. The molecule has 1 aromatic carbocycles. The Bertz CT molecular complexity index is 526. The Hall–Kier alpha value is -1.76. The summed E-state index contributed by atoms with van der Waals surface area (Å²) in [7, 11) is -2.53. The summed E-state index contributed by atoms with van der Waals surface area (Å²) in [6.45, 7) is 1.92. The number of benzene rings is 1. The maximum absolute atomic E-state index is 11.7. The summed E-state index contributed by atoms with van der Waals surface area (Å²) in [6.07, 6.45) is 0.717. The van der Waals surface area contributed by atoms with Crippen LogP contribution >= 0.6 is 0 Å². The minimum absolute atomic E-state index is 0.0317. The van der Waals surface area contributed by atoms with Gasteiger partial charge in [-0.05, 0) is 24.1 Å². The standard InChI is InChI=1S/C10H15N3O3S/c1-3-7-4-5-8(6-9(7)11)17(15,16)13-10(14)12-2/h4-6H,3,11H2,1-2H3,(H2,12,13,14). The SMILES string of the molecule is CCc1ccc(S(=O)(=O)NC(=O)NC)cc1N. The van der Waals surface area contributed by atoms with Crippen LogP contribution in [0.4, 0.5) is 10.5 Å². The van der Waals surface area contributed by atoms with E-state index >= 15 is 0 Å². The van der Waals surface area contributed by atoms with Crippen LogP contribution in [0, 0.1) is 0 Å². The number of sulfonamides is 1. The molecule has 0 saturated heterocycles. The summed E-state index contributed by atoms with van der Waals surface area (Å²) < 4.78 is 25.3. The molecule has 7 heteroatoms. The van der Waals surface area contributed by atoms with Crippen molar-refractivity contribution in [3.63, 3.8) is 0 Å². The van der Waals surface area contributed by atoms with Gasteiger partial charge in [-0.2, -0.15) is 0 Å². The Kier molecular flexibility index (Phi) is 3.95. The average Bonchev–Trinajstić information content (AvgIpc) is 2.28. The molecule has 0 atom stereocenters. The molecule has 2 amide bonds. The van der Waals surface area contributed by atoms with Crippen molar-refractivity contribution in [2.75, 3.05) is 12.8 Å². The lowest BCUT2D eigenvalue weighted by Gasteiger charge is -2.08. The molecular formula is C10H15N3O3S. The third kappa shape index (κ3) is 3.10. The van der Waals surface area contributed by atoms with Crippen molar-refractivity contribution in [1.82, 2.24) is 10.0 Å². The molecule has 0 bridgehead atoms. The monoisotopic (exact) mass is 257 g/mol. The van der Waals surface area contributed by atoms with E-state index < -0.39 is 16.1 Å². The summed E-state index contributed by atoms with van der Waals surface area (Å²) in [6, 6.07) is 3.60. The zero-order valence-corrected chi connectivity index (χ0v) is 10.5. The minimum Gasteiger partial charge on any atom is -0.398 e. The summed E-state index contributed by atoms with van der Waals surface area (Å²) >= 11 is 0. The number of hydrogen-bond donors (Lipinski definition) is 3. The quantitative estimate of drug-likeness (QED) is 0.684. The first kappa shape index (κ1) is 13.3. The van der Waals surface area contributed by atoms with Crippen molar-refractivity contribution in [3.05, 3.63) is 23.8 Å². The number of aryl methyl sites for hydroxylation is 1. The van der Waals surface area contributed by atoms with E-state index in [1.54, 1.807) is 6.07 Å². The van der Waals surface area contributed by atoms with Crippen LogP contribution in [-0.2, 0) is 16.4 Å². The summed E-state index contributed by atoms with van der Waals surface area (Å²) in [4.78, 5) is 10.9. The van der Waals surface area contributed by atoms with Gasteiger partial charge in [-0.25, -0.2) is 17.9 Å². The Morgan fingerprint density at radius 2 is 2.06 bits per heavy atom. The summed E-state index contributed by atoms with van der Waals surface area (Å²) in [5.41, 5.74) is 6.96. The number of carbonyl (C=O) groups is 1. The first-order valence-electron chi connectivity index (χ1n) is 5.03. The second-order valence-corrected chi connectivity index (χ2v) is 5.08. The molecule has 6 nitrogen and oxygen atoms in total. The molecule has 0 unspecified atom stereocenters. The largest absolute Gasteiger partial charge is 0.398 e. The summed E-state index contributed by atoms with van der Waals surface area (Å²) in [5, 5.41) is 2.17. The van der Waals surface area contributed by atoms with Crippen LogP contribution in [0.5, 0.6) is 0 Å². The normalized spacial score (nSPS) is 10.9. The van der Waals surface area contributed by atoms with Crippen molar-refractivity contribution in [3.8, 4) is 0 Å². The molecule has 1 aromatic rings. The molecule has 0 spiro atoms. The molecule has 4 N–H and O–H groups in total. The Balaban J connectivity index is 3.08. The van der Waals surface area contributed by atoms with Gasteiger partial charge in [0.15, 0.2) is 0 Å². The van der Waals surface area contributed by atoms with Gasteiger partial charge in [0.05, 0.1) is 4.90 Å². The Morgan fingerprint density at radius 1 is 1.41 bits per heavy atom. The highest BCUT2D eigenvalue weighted by Crippen LogP contribution is 2.18. The molecule has 0 aliphatic carbocycles. The molecule has 0 fully saturated rings. The fraction of sp³-hybridized carbons (Fsp3) is 0.300. The van der Waals surface area contributed by atoms with E-state index in [0.29, 0.717) is 5.69 Å². The van der Waals surface area contributed by atoms with Crippen LogP contribution < -0.4 is 15.8 Å². The highest BCUT2D eigenvalue weighted by molar-refractivity contribution is 7.90. The van der Waals surface area contributed by atoms with E-state index in [9.17, 15) is 13.2 Å². The maximum atomic E-state index is 11.7. The average molecular weight is 257 g/mol. The molecular weight excluding hydrogens is 242 g/mol. The van der Waals surface area contributed by atoms with Crippen LogP contribution in [0.15, 0.2) is 23.1 Å². The van der Waals surface area contributed by atoms with Crippen LogP contribution in [0.25, 0.3) is 0 Å². The number of urea groups is 1. The summed E-state index contributed by atoms with van der Waals surface area (Å²) in [5.74, 6) is 0. The minimum atomic E-state index is -3.86. The lowest BCUT2D eigenvalue weighted by atomic mass is 10.1. The second kappa shape index (κ2) is 5.05. The fourth-order valence-corrected chi connectivity index (χ4v) is 2.29. The number of nitrogen functional groups attached to an aromatic ring is 1. The van der Waals surface area contributed by atoms with E-state index in [1.165, 1.54) is 19.2 Å². The number of carbonyl (C=O) groups excluding carboxylic acids is 1. The van der Waals surface area contributed by atoms with Gasteiger partial charge in [0.2, 0.25) is 0 Å². The molecule has 94 valence electrons. The van der Waals surface area contributed by atoms with Crippen LogP contribution in [-0.4, -0.2) is 21.5 Å². The number of amides is 2. The van der Waals surface area contributed by atoms with Crippen molar-refractivity contribution in [2.45, 2.75) is 18.2 Å². The number of rotatable bonds is 3. The van der Waals surface area contributed by atoms with Crippen LogP contribution in [0.1, 0.15) is 12.5 Å². The molecule has 0 aliphatic heterocycles. The number of anilines is 1.